The van der Waals surface area contributed by atoms with Crippen LogP contribution in [0.1, 0.15) is 6.42 Å². The van der Waals surface area contributed by atoms with E-state index in [4.69, 9.17) is 5.73 Å². The van der Waals surface area contributed by atoms with Crippen LogP contribution in [0.2, 0.25) is 0 Å². The molecule has 1 aliphatic heterocycles. The Balaban J connectivity index is 2.33. The van der Waals surface area contributed by atoms with Gasteiger partial charge in [-0.2, -0.15) is 0 Å². The molecule has 0 aromatic rings. The molecule has 2 N–H and O–H groups in total. The van der Waals surface area contributed by atoms with Gasteiger partial charge in [0, 0.05) is 0 Å². The molecular formula is C8H16N3+. The van der Waals surface area contributed by atoms with Crippen molar-refractivity contribution in [1.82, 2.24) is 4.90 Å². The molecule has 0 amide bonds. The van der Waals surface area contributed by atoms with Crippen molar-refractivity contribution in [1.29, 1.82) is 0 Å². The van der Waals surface area contributed by atoms with E-state index in [0.29, 0.717) is 0 Å². The molecule has 0 unspecified atom stereocenters. The molecule has 3 heteroatoms. The highest BCUT2D eigenvalue weighted by Crippen LogP contribution is 1.93. The van der Waals surface area contributed by atoms with Crippen LogP contribution in [-0.2, 0) is 0 Å². The van der Waals surface area contributed by atoms with Crippen molar-refractivity contribution in [2.45, 2.75) is 6.42 Å². The van der Waals surface area contributed by atoms with E-state index in [1.807, 2.05) is 0 Å². The summed E-state index contributed by atoms with van der Waals surface area (Å²) in [6, 6.07) is 0. The highest BCUT2D eigenvalue weighted by atomic mass is 15.2. The van der Waals surface area contributed by atoms with E-state index in [1.54, 1.807) is 0 Å². The average Bonchev–Trinajstić information content (AvgIpc) is 2.01. The minimum Gasteiger partial charge on any atom is -0.330 e. The molecule has 11 heavy (non-hydrogen) atoms. The lowest BCUT2D eigenvalue weighted by molar-refractivity contribution is -0.487. The zero-order valence-corrected chi connectivity index (χ0v) is 7.03. The summed E-state index contributed by atoms with van der Waals surface area (Å²) in [7, 11) is 2.07. The van der Waals surface area contributed by atoms with Crippen LogP contribution in [-0.4, -0.2) is 42.5 Å². The van der Waals surface area contributed by atoms with E-state index in [9.17, 15) is 0 Å². The fourth-order valence-electron chi connectivity index (χ4n) is 1.09. The number of rotatable bonds is 3. The van der Waals surface area contributed by atoms with Gasteiger partial charge in [0.05, 0.1) is 19.8 Å². The summed E-state index contributed by atoms with van der Waals surface area (Å²) in [6.45, 7) is 2.80. The Morgan fingerprint density at radius 1 is 1.64 bits per heavy atom. The van der Waals surface area contributed by atoms with Crippen LogP contribution in [0.15, 0.2) is 12.3 Å². The Labute approximate surface area is 67.8 Å². The molecule has 1 rings (SSSR count). The molecule has 62 valence electrons. The van der Waals surface area contributed by atoms with Gasteiger partial charge in [-0.05, 0) is 19.0 Å². The van der Waals surface area contributed by atoms with Gasteiger partial charge in [-0.1, -0.05) is 0 Å². The molecule has 0 fully saturated rings. The van der Waals surface area contributed by atoms with Crippen LogP contribution in [0, 0.1) is 0 Å². The van der Waals surface area contributed by atoms with Gasteiger partial charge in [-0.25, -0.2) is 4.90 Å². The molecule has 0 aromatic heterocycles. The summed E-state index contributed by atoms with van der Waals surface area (Å²) in [5, 5.41) is 0. The van der Waals surface area contributed by atoms with E-state index >= 15 is 0 Å². The van der Waals surface area contributed by atoms with Crippen LogP contribution < -0.4 is 5.73 Å². The third-order valence-electron chi connectivity index (χ3n) is 1.66. The van der Waals surface area contributed by atoms with Crippen molar-refractivity contribution in [2.75, 3.05) is 26.7 Å². The maximum atomic E-state index is 5.40. The van der Waals surface area contributed by atoms with Gasteiger partial charge in [0.25, 0.3) is 0 Å². The fraction of sp³-hybridized carbons (Fsp3) is 0.625. The predicted molar refractivity (Wildman–Crippen MR) is 46.6 cm³/mol. The lowest BCUT2D eigenvalue weighted by Crippen LogP contribution is -2.28. The SMILES string of the molecule is C[N+]1=CN(CCCN)C=CC1. The van der Waals surface area contributed by atoms with Gasteiger partial charge in [0.15, 0.2) is 0 Å². The number of likely N-dealkylation sites (N-methyl/N-ethyl adjacent to an activating group) is 1. The van der Waals surface area contributed by atoms with Crippen molar-refractivity contribution in [3.63, 3.8) is 0 Å². The van der Waals surface area contributed by atoms with Crippen molar-refractivity contribution in [3.05, 3.63) is 12.3 Å². The number of hydrogen-bond acceptors (Lipinski definition) is 2. The van der Waals surface area contributed by atoms with Gasteiger partial charge in [0.1, 0.15) is 6.54 Å². The monoisotopic (exact) mass is 154 g/mol. The Kier molecular flexibility index (Phi) is 3.11. The van der Waals surface area contributed by atoms with Gasteiger partial charge < -0.3 is 5.73 Å². The topological polar surface area (TPSA) is 32.3 Å². The quantitative estimate of drug-likeness (QED) is 0.573. The molecule has 0 saturated heterocycles. The predicted octanol–water partition coefficient (Wildman–Crippen LogP) is -0.165. The first-order valence-corrected chi connectivity index (χ1v) is 4.00. The summed E-state index contributed by atoms with van der Waals surface area (Å²) >= 11 is 0. The molecule has 0 aliphatic carbocycles. The van der Waals surface area contributed by atoms with Crippen molar-refractivity contribution in [3.8, 4) is 0 Å². The van der Waals surface area contributed by atoms with Gasteiger partial charge in [-0.3, -0.25) is 4.58 Å². The highest BCUT2D eigenvalue weighted by molar-refractivity contribution is 5.51. The minimum atomic E-state index is 0.766. The first-order valence-electron chi connectivity index (χ1n) is 4.00. The van der Waals surface area contributed by atoms with E-state index < -0.39 is 0 Å². The van der Waals surface area contributed by atoms with E-state index in [0.717, 1.165) is 26.1 Å². The van der Waals surface area contributed by atoms with Crippen molar-refractivity contribution < 1.29 is 4.58 Å². The number of nitrogens with zero attached hydrogens (tertiary/aromatic N) is 2. The normalized spacial score (nSPS) is 16.9. The van der Waals surface area contributed by atoms with Crippen molar-refractivity contribution >= 4 is 6.34 Å². The van der Waals surface area contributed by atoms with E-state index in [2.05, 4.69) is 35.1 Å². The average molecular weight is 154 g/mol. The van der Waals surface area contributed by atoms with Crippen LogP contribution in [0.4, 0.5) is 0 Å². The first-order chi connectivity index (χ1) is 5.33. The Morgan fingerprint density at radius 2 is 2.45 bits per heavy atom. The van der Waals surface area contributed by atoms with Gasteiger partial charge in [0.2, 0.25) is 6.34 Å². The minimum absolute atomic E-state index is 0.766. The summed E-state index contributed by atoms with van der Waals surface area (Å²) < 4.78 is 2.15. The summed E-state index contributed by atoms with van der Waals surface area (Å²) in [5.74, 6) is 0. The second-order valence-electron chi connectivity index (χ2n) is 2.82. The molecule has 0 saturated carbocycles. The lowest BCUT2D eigenvalue weighted by Gasteiger charge is -2.12. The van der Waals surface area contributed by atoms with Crippen LogP contribution in [0.25, 0.3) is 0 Å². The van der Waals surface area contributed by atoms with E-state index in [1.165, 1.54) is 0 Å². The molecule has 1 aliphatic rings. The fourth-order valence-corrected chi connectivity index (χ4v) is 1.09. The zero-order valence-electron chi connectivity index (χ0n) is 7.03. The van der Waals surface area contributed by atoms with Crippen molar-refractivity contribution in [2.24, 2.45) is 5.73 Å². The third kappa shape index (κ3) is 2.72. The molecule has 0 spiro atoms. The summed E-state index contributed by atoms with van der Waals surface area (Å²) in [6.07, 6.45) is 7.41. The summed E-state index contributed by atoms with van der Waals surface area (Å²) in [5.41, 5.74) is 5.40. The Hall–Kier alpha value is -0.830. The zero-order chi connectivity index (χ0) is 8.10. The summed E-state index contributed by atoms with van der Waals surface area (Å²) in [4.78, 5) is 2.16. The van der Waals surface area contributed by atoms with E-state index in [-0.39, 0.29) is 0 Å². The number of hydrogen-bond donors (Lipinski definition) is 1. The van der Waals surface area contributed by atoms with Crippen LogP contribution in [0.5, 0.6) is 0 Å². The van der Waals surface area contributed by atoms with Gasteiger partial charge >= 0.3 is 0 Å². The first kappa shape index (κ1) is 8.27. The molecule has 0 bridgehead atoms. The lowest BCUT2D eigenvalue weighted by atomic mass is 10.4. The maximum absolute atomic E-state index is 5.40. The smallest absolute Gasteiger partial charge is 0.238 e. The second-order valence-corrected chi connectivity index (χ2v) is 2.82. The molecule has 3 nitrogen and oxygen atoms in total. The molecule has 1 heterocycles. The third-order valence-corrected chi connectivity index (χ3v) is 1.66. The molecule has 0 atom stereocenters. The maximum Gasteiger partial charge on any atom is 0.238 e. The molecular weight excluding hydrogens is 138 g/mol. The highest BCUT2D eigenvalue weighted by Gasteiger charge is 2.06. The Bertz CT molecular complexity index is 172. The Morgan fingerprint density at radius 3 is 3.09 bits per heavy atom. The standard InChI is InChI=1S/C8H16N3/c1-10-5-3-7-11(8-10)6-2-4-9/h3,7-8H,2,4-6,9H2,1H3/q+1. The largest absolute Gasteiger partial charge is 0.330 e. The van der Waals surface area contributed by atoms with Crippen LogP contribution in [0.3, 0.4) is 0 Å². The second kappa shape index (κ2) is 4.13. The molecule has 0 radical (unpaired) electrons. The number of nitrogens with two attached hydrogens (primary N) is 1. The van der Waals surface area contributed by atoms with Crippen LogP contribution >= 0.6 is 0 Å². The molecule has 0 aromatic carbocycles. The van der Waals surface area contributed by atoms with Gasteiger partial charge in [-0.15, -0.1) is 0 Å².